The number of nitrogens with zero attached hydrogens (tertiary/aromatic N) is 1. The Morgan fingerprint density at radius 3 is 2.88 bits per heavy atom. The van der Waals surface area contributed by atoms with Gasteiger partial charge in [-0.25, -0.2) is 4.98 Å². The van der Waals surface area contributed by atoms with Crippen LogP contribution < -0.4 is 11.1 Å². The van der Waals surface area contributed by atoms with Gasteiger partial charge in [0.05, 0.1) is 11.2 Å². The lowest BCUT2D eigenvalue weighted by Gasteiger charge is -2.05. The quantitative estimate of drug-likeness (QED) is 0.674. The first-order valence-electron chi connectivity index (χ1n) is 5.27. The molecular formula is C13H11N3S. The van der Waals surface area contributed by atoms with Crippen LogP contribution in [0.25, 0.3) is 10.9 Å². The molecule has 0 radical (unpaired) electrons. The number of anilines is 3. The van der Waals surface area contributed by atoms with Gasteiger partial charge in [-0.2, -0.15) is 11.3 Å². The van der Waals surface area contributed by atoms with E-state index in [4.69, 9.17) is 5.73 Å². The highest BCUT2D eigenvalue weighted by Gasteiger charge is 1.99. The van der Waals surface area contributed by atoms with Crippen LogP contribution in [0.4, 0.5) is 17.2 Å². The Bertz CT molecular complexity index is 647. The second kappa shape index (κ2) is 4.07. The number of nitrogens with two attached hydrogens (primary N) is 1. The number of nitrogens with one attached hydrogen (secondary N) is 1. The van der Waals surface area contributed by atoms with Crippen LogP contribution in [0.2, 0.25) is 0 Å². The molecule has 3 aromatic rings. The van der Waals surface area contributed by atoms with Gasteiger partial charge in [0.15, 0.2) is 0 Å². The minimum absolute atomic E-state index is 0.762. The van der Waals surface area contributed by atoms with E-state index in [1.807, 2.05) is 41.8 Å². The van der Waals surface area contributed by atoms with E-state index in [0.717, 1.165) is 28.1 Å². The predicted octanol–water partition coefficient (Wildman–Crippen LogP) is 3.62. The lowest BCUT2D eigenvalue weighted by Crippen LogP contribution is -1.92. The van der Waals surface area contributed by atoms with Gasteiger partial charge >= 0.3 is 0 Å². The first-order chi connectivity index (χ1) is 8.31. The van der Waals surface area contributed by atoms with Crippen molar-refractivity contribution in [1.82, 2.24) is 4.98 Å². The van der Waals surface area contributed by atoms with Gasteiger partial charge in [0.25, 0.3) is 0 Å². The second-order valence-corrected chi connectivity index (χ2v) is 4.57. The molecule has 2 heterocycles. The summed E-state index contributed by atoms with van der Waals surface area (Å²) in [7, 11) is 0. The highest BCUT2D eigenvalue weighted by Crippen LogP contribution is 2.21. The topological polar surface area (TPSA) is 50.9 Å². The number of thiophene rings is 1. The van der Waals surface area contributed by atoms with Crippen LogP contribution in [-0.4, -0.2) is 4.98 Å². The number of hydrogen-bond donors (Lipinski definition) is 2. The Morgan fingerprint density at radius 1 is 1.12 bits per heavy atom. The van der Waals surface area contributed by atoms with Gasteiger partial charge in [-0.1, -0.05) is 0 Å². The van der Waals surface area contributed by atoms with Crippen LogP contribution in [-0.2, 0) is 0 Å². The van der Waals surface area contributed by atoms with E-state index in [1.54, 1.807) is 11.3 Å². The smallest absolute Gasteiger partial charge is 0.131 e. The fourth-order valence-corrected chi connectivity index (χ4v) is 2.28. The molecule has 0 saturated heterocycles. The Kier molecular flexibility index (Phi) is 2.42. The Morgan fingerprint density at radius 2 is 2.06 bits per heavy atom. The summed E-state index contributed by atoms with van der Waals surface area (Å²) in [6.45, 7) is 0. The summed E-state index contributed by atoms with van der Waals surface area (Å²) >= 11 is 1.66. The predicted molar refractivity (Wildman–Crippen MR) is 73.8 cm³/mol. The normalized spacial score (nSPS) is 10.6. The largest absolute Gasteiger partial charge is 0.399 e. The molecule has 2 aromatic heterocycles. The van der Waals surface area contributed by atoms with E-state index < -0.39 is 0 Å². The summed E-state index contributed by atoms with van der Waals surface area (Å²) in [5.74, 6) is 0.848. The SMILES string of the molecule is Nc1ccc2nc(Nc3ccsc3)ccc2c1. The number of pyridine rings is 1. The Labute approximate surface area is 103 Å². The molecule has 17 heavy (non-hydrogen) atoms. The summed E-state index contributed by atoms with van der Waals surface area (Å²) < 4.78 is 0. The lowest BCUT2D eigenvalue weighted by atomic mass is 10.2. The third kappa shape index (κ3) is 2.07. The molecule has 84 valence electrons. The number of hydrogen-bond acceptors (Lipinski definition) is 4. The van der Waals surface area contributed by atoms with Gasteiger partial charge < -0.3 is 11.1 Å². The first-order valence-corrected chi connectivity index (χ1v) is 6.21. The van der Waals surface area contributed by atoms with Crippen LogP contribution in [0.1, 0.15) is 0 Å². The molecule has 0 aliphatic heterocycles. The van der Waals surface area contributed by atoms with Crippen LogP contribution in [0.15, 0.2) is 47.2 Å². The molecule has 0 fully saturated rings. The van der Waals surface area contributed by atoms with Crippen LogP contribution >= 0.6 is 11.3 Å². The molecule has 0 saturated carbocycles. The molecule has 0 spiro atoms. The Balaban J connectivity index is 1.99. The highest BCUT2D eigenvalue weighted by molar-refractivity contribution is 7.08. The Hall–Kier alpha value is -2.07. The summed E-state index contributed by atoms with van der Waals surface area (Å²) in [6.07, 6.45) is 0. The van der Waals surface area contributed by atoms with Gasteiger partial charge in [0.2, 0.25) is 0 Å². The van der Waals surface area contributed by atoms with E-state index in [-0.39, 0.29) is 0 Å². The van der Waals surface area contributed by atoms with Crippen LogP contribution in [0.5, 0.6) is 0 Å². The van der Waals surface area contributed by atoms with Crippen LogP contribution in [0, 0.1) is 0 Å². The average Bonchev–Trinajstić information content (AvgIpc) is 2.82. The molecule has 1 aromatic carbocycles. The number of benzene rings is 1. The van der Waals surface area contributed by atoms with Gasteiger partial charge in [-0.05, 0) is 41.8 Å². The van der Waals surface area contributed by atoms with Gasteiger partial charge in [-0.15, -0.1) is 0 Å². The van der Waals surface area contributed by atoms with Crippen LogP contribution in [0.3, 0.4) is 0 Å². The molecule has 0 aliphatic carbocycles. The summed E-state index contributed by atoms with van der Waals surface area (Å²) in [6, 6.07) is 11.7. The van der Waals surface area contributed by atoms with Crippen molar-refractivity contribution in [2.24, 2.45) is 0 Å². The molecular weight excluding hydrogens is 230 g/mol. The minimum atomic E-state index is 0.762. The average molecular weight is 241 g/mol. The third-order valence-corrected chi connectivity index (χ3v) is 3.19. The van der Waals surface area contributed by atoms with Crippen molar-refractivity contribution in [2.75, 3.05) is 11.1 Å². The molecule has 4 heteroatoms. The highest BCUT2D eigenvalue weighted by atomic mass is 32.1. The summed E-state index contributed by atoms with van der Waals surface area (Å²) in [4.78, 5) is 4.53. The molecule has 0 aliphatic rings. The second-order valence-electron chi connectivity index (χ2n) is 3.79. The molecule has 0 atom stereocenters. The standard InChI is InChI=1S/C13H11N3S/c14-10-2-3-12-9(7-10)1-4-13(16-12)15-11-5-6-17-8-11/h1-8H,14H2,(H,15,16). The molecule has 0 bridgehead atoms. The molecule has 3 rings (SSSR count). The van der Waals surface area contributed by atoms with E-state index in [2.05, 4.69) is 15.7 Å². The lowest BCUT2D eigenvalue weighted by molar-refractivity contribution is 1.38. The molecule has 0 unspecified atom stereocenters. The van der Waals surface area contributed by atoms with Crippen molar-refractivity contribution in [1.29, 1.82) is 0 Å². The van der Waals surface area contributed by atoms with Crippen molar-refractivity contribution in [3.8, 4) is 0 Å². The zero-order valence-electron chi connectivity index (χ0n) is 9.05. The third-order valence-electron chi connectivity index (χ3n) is 2.51. The fraction of sp³-hybridized carbons (Fsp3) is 0. The van der Waals surface area contributed by atoms with Crippen molar-refractivity contribution in [3.63, 3.8) is 0 Å². The maximum Gasteiger partial charge on any atom is 0.131 e. The maximum absolute atomic E-state index is 5.73. The molecule has 3 N–H and O–H groups in total. The summed E-state index contributed by atoms with van der Waals surface area (Å²) in [5, 5.41) is 8.40. The number of fused-ring (bicyclic) bond motifs is 1. The van der Waals surface area contributed by atoms with E-state index >= 15 is 0 Å². The zero-order chi connectivity index (χ0) is 11.7. The van der Waals surface area contributed by atoms with E-state index in [0.29, 0.717) is 0 Å². The minimum Gasteiger partial charge on any atom is -0.399 e. The first kappa shape index (κ1) is 10.1. The van der Waals surface area contributed by atoms with Crippen molar-refractivity contribution in [2.45, 2.75) is 0 Å². The number of rotatable bonds is 2. The van der Waals surface area contributed by atoms with Crippen molar-refractivity contribution >= 4 is 39.4 Å². The van der Waals surface area contributed by atoms with Crippen molar-refractivity contribution < 1.29 is 0 Å². The zero-order valence-corrected chi connectivity index (χ0v) is 9.87. The fourth-order valence-electron chi connectivity index (χ4n) is 1.70. The number of aromatic nitrogens is 1. The molecule has 3 nitrogen and oxygen atoms in total. The molecule has 0 amide bonds. The van der Waals surface area contributed by atoms with Gasteiger partial charge in [0, 0.05) is 16.5 Å². The van der Waals surface area contributed by atoms with E-state index in [1.165, 1.54) is 0 Å². The van der Waals surface area contributed by atoms with E-state index in [9.17, 15) is 0 Å². The van der Waals surface area contributed by atoms with Gasteiger partial charge in [0.1, 0.15) is 5.82 Å². The maximum atomic E-state index is 5.73. The summed E-state index contributed by atoms with van der Waals surface area (Å²) in [5.41, 5.74) is 8.50. The van der Waals surface area contributed by atoms with Crippen molar-refractivity contribution in [3.05, 3.63) is 47.2 Å². The number of nitrogen functional groups attached to an aromatic ring is 1. The monoisotopic (exact) mass is 241 g/mol. The van der Waals surface area contributed by atoms with Gasteiger partial charge in [-0.3, -0.25) is 0 Å².